The van der Waals surface area contributed by atoms with E-state index in [4.69, 9.17) is 14.2 Å². The van der Waals surface area contributed by atoms with Crippen LogP contribution in [0.3, 0.4) is 0 Å². The molecule has 6 N–H and O–H groups in total. The van der Waals surface area contributed by atoms with E-state index in [9.17, 15) is 35.4 Å². The molecule has 3 aliphatic heterocycles. The number of aliphatic hydroxyl groups excluding tert-OH is 6. The largest absolute Gasteiger partial charge is 0.510 e. The predicted octanol–water partition coefficient (Wildman–Crippen LogP) is -1.77. The predicted molar refractivity (Wildman–Crippen MR) is 104 cm³/mol. The molecule has 0 radical (unpaired) electrons. The van der Waals surface area contributed by atoms with Crippen LogP contribution in [-0.2, 0) is 19.0 Å². The zero-order valence-electron chi connectivity index (χ0n) is 17.6. The zero-order valence-corrected chi connectivity index (χ0v) is 17.6. The van der Waals surface area contributed by atoms with E-state index in [0.29, 0.717) is 18.9 Å². The van der Waals surface area contributed by atoms with Gasteiger partial charge in [0, 0.05) is 19.0 Å². The molecule has 2 saturated heterocycles. The highest BCUT2D eigenvalue weighted by molar-refractivity contribution is 5.79. The third kappa shape index (κ3) is 5.20. The molecule has 3 heterocycles. The Hall–Kier alpha value is -1.31. The monoisotopic (exact) mass is 447 g/mol. The van der Waals surface area contributed by atoms with Crippen molar-refractivity contribution >= 4 is 5.91 Å². The molecule has 178 valence electrons. The van der Waals surface area contributed by atoms with Crippen LogP contribution in [0.2, 0.25) is 0 Å². The van der Waals surface area contributed by atoms with E-state index in [1.54, 1.807) is 0 Å². The van der Waals surface area contributed by atoms with Crippen LogP contribution in [0.25, 0.3) is 0 Å². The van der Waals surface area contributed by atoms with Crippen LogP contribution in [0.15, 0.2) is 11.8 Å². The van der Waals surface area contributed by atoms with Crippen LogP contribution in [0.5, 0.6) is 0 Å². The van der Waals surface area contributed by atoms with Crippen molar-refractivity contribution in [3.05, 3.63) is 11.8 Å². The van der Waals surface area contributed by atoms with E-state index in [1.807, 2.05) is 0 Å². The fraction of sp³-hybridized carbons (Fsp3) is 0.850. The number of ether oxygens (including phenoxy) is 3. The summed E-state index contributed by atoms with van der Waals surface area (Å²) in [5, 5.41) is 59.6. The van der Waals surface area contributed by atoms with E-state index >= 15 is 0 Å². The highest BCUT2D eigenvalue weighted by atomic mass is 16.7. The second-order valence-electron chi connectivity index (χ2n) is 8.84. The van der Waals surface area contributed by atoms with E-state index < -0.39 is 62.4 Å². The number of aliphatic hydroxyl groups is 6. The molecule has 9 unspecified atom stereocenters. The zero-order chi connectivity index (χ0) is 22.9. The first-order valence-corrected chi connectivity index (χ1v) is 10.6. The first-order valence-electron chi connectivity index (χ1n) is 10.6. The van der Waals surface area contributed by atoms with E-state index in [1.165, 1.54) is 11.0 Å². The Balaban J connectivity index is 1.71. The van der Waals surface area contributed by atoms with Crippen LogP contribution < -0.4 is 0 Å². The van der Waals surface area contributed by atoms with Gasteiger partial charge in [0.05, 0.1) is 13.2 Å². The maximum atomic E-state index is 12.5. The molecule has 31 heavy (non-hydrogen) atoms. The summed E-state index contributed by atoms with van der Waals surface area (Å²) >= 11 is 0. The van der Waals surface area contributed by atoms with Crippen molar-refractivity contribution < 1.29 is 49.6 Å². The highest BCUT2D eigenvalue weighted by Gasteiger charge is 2.47. The van der Waals surface area contributed by atoms with E-state index in [0.717, 1.165) is 6.42 Å². The lowest BCUT2D eigenvalue weighted by molar-refractivity contribution is -0.320. The number of likely N-dealkylation sites (tertiary alicyclic amines) is 1. The van der Waals surface area contributed by atoms with Gasteiger partial charge in [0.25, 0.3) is 0 Å². The van der Waals surface area contributed by atoms with Crippen molar-refractivity contribution in [2.75, 3.05) is 19.8 Å². The summed E-state index contributed by atoms with van der Waals surface area (Å²) in [6.07, 6.45) is -8.19. The van der Waals surface area contributed by atoms with Crippen molar-refractivity contribution in [2.45, 2.75) is 75.8 Å². The van der Waals surface area contributed by atoms with Gasteiger partial charge in [0.15, 0.2) is 12.5 Å². The summed E-state index contributed by atoms with van der Waals surface area (Å²) in [7, 11) is 0. The summed E-state index contributed by atoms with van der Waals surface area (Å²) in [6, 6.07) is 0. The molecule has 1 amide bonds. The number of hydrogen-bond donors (Lipinski definition) is 6. The van der Waals surface area contributed by atoms with Crippen molar-refractivity contribution in [1.82, 2.24) is 4.90 Å². The van der Waals surface area contributed by atoms with Crippen LogP contribution >= 0.6 is 0 Å². The Morgan fingerprint density at radius 3 is 2.39 bits per heavy atom. The second kappa shape index (κ2) is 10.1. The summed E-state index contributed by atoms with van der Waals surface area (Å²) in [6.45, 7) is 3.45. The average Bonchev–Trinajstić information content (AvgIpc) is 3.08. The second-order valence-corrected chi connectivity index (χ2v) is 8.84. The SMILES string of the molecule is CC(C)CC1CC(=O)N(C2C=C(O)C(OC3OC(CO)C(O)C(O)C3O)C(CO)O2)C1. The molecule has 0 aromatic carbocycles. The molecule has 11 nitrogen and oxygen atoms in total. The molecule has 0 aromatic heterocycles. The normalized spacial score (nSPS) is 41.7. The quantitative estimate of drug-likeness (QED) is 0.262. The minimum atomic E-state index is -1.67. The molecule has 3 aliphatic rings. The number of nitrogens with zero attached hydrogens (tertiary/aromatic N) is 1. The Bertz CT molecular complexity index is 656. The van der Waals surface area contributed by atoms with Crippen LogP contribution in [-0.4, -0.2) is 110 Å². The number of hydrogen-bond acceptors (Lipinski definition) is 10. The minimum Gasteiger partial charge on any atom is -0.510 e. The van der Waals surface area contributed by atoms with Crippen molar-refractivity contribution in [2.24, 2.45) is 11.8 Å². The molecule has 0 saturated carbocycles. The fourth-order valence-corrected chi connectivity index (χ4v) is 4.38. The summed E-state index contributed by atoms with van der Waals surface area (Å²) in [5.74, 6) is 0.190. The van der Waals surface area contributed by atoms with Crippen LogP contribution in [0, 0.1) is 11.8 Å². The van der Waals surface area contributed by atoms with Gasteiger partial charge in [0.1, 0.15) is 42.4 Å². The fourth-order valence-electron chi connectivity index (χ4n) is 4.38. The Labute approximate surface area is 180 Å². The third-order valence-electron chi connectivity index (χ3n) is 5.92. The molecule has 0 bridgehead atoms. The minimum absolute atomic E-state index is 0.107. The molecule has 11 heteroatoms. The summed E-state index contributed by atoms with van der Waals surface area (Å²) < 4.78 is 16.7. The lowest BCUT2D eigenvalue weighted by atomic mass is 9.96. The van der Waals surface area contributed by atoms with Crippen molar-refractivity contribution in [3.63, 3.8) is 0 Å². The lowest BCUT2D eigenvalue weighted by Crippen LogP contribution is -2.61. The lowest BCUT2D eigenvalue weighted by Gasteiger charge is -2.43. The van der Waals surface area contributed by atoms with Crippen LogP contribution in [0.1, 0.15) is 26.7 Å². The van der Waals surface area contributed by atoms with Gasteiger partial charge < -0.3 is 49.7 Å². The molecular formula is C20H33NO10. The Morgan fingerprint density at radius 1 is 1.10 bits per heavy atom. The molecule has 0 aromatic rings. The van der Waals surface area contributed by atoms with Crippen molar-refractivity contribution in [1.29, 1.82) is 0 Å². The number of carbonyl (C=O) groups excluding carboxylic acids is 1. The maximum Gasteiger partial charge on any atom is 0.225 e. The molecular weight excluding hydrogens is 414 g/mol. The molecule has 0 aliphatic carbocycles. The van der Waals surface area contributed by atoms with Gasteiger partial charge in [0.2, 0.25) is 5.91 Å². The van der Waals surface area contributed by atoms with Gasteiger partial charge in [-0.15, -0.1) is 0 Å². The number of amides is 1. The van der Waals surface area contributed by atoms with Crippen LogP contribution in [0.4, 0.5) is 0 Å². The first-order chi connectivity index (χ1) is 14.7. The molecule has 3 rings (SSSR count). The third-order valence-corrected chi connectivity index (χ3v) is 5.92. The summed E-state index contributed by atoms with van der Waals surface area (Å²) in [5.41, 5.74) is 0. The number of carbonyl (C=O) groups is 1. The molecule has 0 spiro atoms. The van der Waals surface area contributed by atoms with Gasteiger partial charge in [-0.05, 0) is 18.3 Å². The molecule has 2 fully saturated rings. The standard InChI is InChI=1S/C20H33NO10/c1-9(2)3-10-4-14(25)21(6-10)15-5-11(24)19(13(8-23)29-15)31-20-18(28)17(27)16(26)12(7-22)30-20/h5,9-10,12-13,15-20,22-24,26-28H,3-4,6-8H2,1-2H3. The van der Waals surface area contributed by atoms with E-state index in [-0.39, 0.29) is 17.6 Å². The van der Waals surface area contributed by atoms with Crippen molar-refractivity contribution in [3.8, 4) is 0 Å². The molecule has 9 atom stereocenters. The topological polar surface area (TPSA) is 169 Å². The van der Waals surface area contributed by atoms with Gasteiger partial charge in [-0.2, -0.15) is 0 Å². The van der Waals surface area contributed by atoms with Gasteiger partial charge in [-0.25, -0.2) is 0 Å². The van der Waals surface area contributed by atoms with E-state index in [2.05, 4.69) is 13.8 Å². The first kappa shape index (κ1) is 24.3. The Morgan fingerprint density at radius 2 is 1.77 bits per heavy atom. The highest BCUT2D eigenvalue weighted by Crippen LogP contribution is 2.32. The maximum absolute atomic E-state index is 12.5. The smallest absolute Gasteiger partial charge is 0.225 e. The Kier molecular flexibility index (Phi) is 7.92. The van der Waals surface area contributed by atoms with Gasteiger partial charge >= 0.3 is 0 Å². The van der Waals surface area contributed by atoms with Gasteiger partial charge in [-0.1, -0.05) is 13.8 Å². The summed E-state index contributed by atoms with van der Waals surface area (Å²) in [4.78, 5) is 14.0. The average molecular weight is 447 g/mol. The number of rotatable bonds is 7. The van der Waals surface area contributed by atoms with Gasteiger partial charge in [-0.3, -0.25) is 4.79 Å².